The summed E-state index contributed by atoms with van der Waals surface area (Å²) in [6.45, 7) is 1.15. The number of Topliss-reactive ketones (excluding diaryl/α,β-unsaturated/α-hetero) is 1. The molecular formula is C14H12N2O4. The van der Waals surface area contributed by atoms with Crippen LogP contribution in [0, 0.1) is 0 Å². The number of nitrogens with zero attached hydrogens (tertiary/aromatic N) is 2. The molecular weight excluding hydrogens is 260 g/mol. The van der Waals surface area contributed by atoms with Crippen molar-refractivity contribution in [2.75, 3.05) is 0 Å². The number of aromatic carboxylic acids is 1. The van der Waals surface area contributed by atoms with Crippen LogP contribution in [0.1, 0.15) is 17.3 Å². The Morgan fingerprint density at radius 1 is 1.25 bits per heavy atom. The summed E-state index contributed by atoms with van der Waals surface area (Å²) in [5, 5.41) is 8.97. The molecule has 0 aromatic carbocycles. The van der Waals surface area contributed by atoms with E-state index in [2.05, 4.69) is 4.98 Å². The molecule has 2 rings (SSSR count). The van der Waals surface area contributed by atoms with Gasteiger partial charge >= 0.3 is 5.97 Å². The molecule has 0 atom stereocenters. The van der Waals surface area contributed by atoms with E-state index in [0.29, 0.717) is 11.4 Å². The fourth-order valence-corrected chi connectivity index (χ4v) is 1.86. The van der Waals surface area contributed by atoms with E-state index < -0.39 is 11.5 Å². The van der Waals surface area contributed by atoms with Crippen molar-refractivity contribution in [3.63, 3.8) is 0 Å². The quantitative estimate of drug-likeness (QED) is 0.903. The van der Waals surface area contributed by atoms with Gasteiger partial charge in [-0.3, -0.25) is 19.1 Å². The predicted octanol–water partition coefficient (Wildman–Crippen LogP) is 1.20. The summed E-state index contributed by atoms with van der Waals surface area (Å²) < 4.78 is 1.13. The van der Waals surface area contributed by atoms with Crippen LogP contribution in [0.4, 0.5) is 0 Å². The van der Waals surface area contributed by atoms with E-state index in [1.54, 1.807) is 24.4 Å². The largest absolute Gasteiger partial charge is 0.477 e. The van der Waals surface area contributed by atoms with E-state index in [1.807, 2.05) is 0 Å². The van der Waals surface area contributed by atoms with E-state index in [0.717, 1.165) is 4.57 Å². The number of aromatic nitrogens is 2. The molecule has 20 heavy (non-hydrogen) atoms. The third-order valence-electron chi connectivity index (χ3n) is 2.71. The van der Waals surface area contributed by atoms with E-state index in [4.69, 9.17) is 5.11 Å². The summed E-state index contributed by atoms with van der Waals surface area (Å²) >= 11 is 0. The predicted molar refractivity (Wildman–Crippen MR) is 71.6 cm³/mol. The third-order valence-corrected chi connectivity index (χ3v) is 2.71. The molecule has 0 radical (unpaired) electrons. The number of rotatable bonds is 4. The van der Waals surface area contributed by atoms with Crippen molar-refractivity contribution >= 4 is 11.8 Å². The molecule has 6 nitrogen and oxygen atoms in total. The summed E-state index contributed by atoms with van der Waals surface area (Å²) in [6, 6.07) is 7.87. The van der Waals surface area contributed by atoms with Gasteiger partial charge < -0.3 is 5.11 Å². The standard InChI is InChI=1S/C14H12N2O4/c1-9(17)8-16-12(11-4-2-3-7-15-11)6-5-10(13(16)18)14(19)20/h2-7H,8H2,1H3,(H,19,20). The van der Waals surface area contributed by atoms with Crippen molar-refractivity contribution in [3.8, 4) is 11.4 Å². The van der Waals surface area contributed by atoms with Gasteiger partial charge in [0.05, 0.1) is 17.9 Å². The van der Waals surface area contributed by atoms with Gasteiger partial charge in [0.1, 0.15) is 11.3 Å². The number of hydrogen-bond donors (Lipinski definition) is 1. The second-order valence-electron chi connectivity index (χ2n) is 4.25. The molecule has 0 bridgehead atoms. The first-order chi connectivity index (χ1) is 9.50. The summed E-state index contributed by atoms with van der Waals surface area (Å²) in [5.74, 6) is -1.56. The maximum absolute atomic E-state index is 12.1. The lowest BCUT2D eigenvalue weighted by Crippen LogP contribution is -2.29. The second-order valence-corrected chi connectivity index (χ2v) is 4.25. The Bertz CT molecular complexity index is 720. The van der Waals surface area contributed by atoms with Crippen LogP contribution in [0.15, 0.2) is 41.3 Å². The first kappa shape index (κ1) is 13.7. The molecule has 2 aromatic rings. The van der Waals surface area contributed by atoms with Gasteiger partial charge in [0.2, 0.25) is 0 Å². The Morgan fingerprint density at radius 2 is 2.00 bits per heavy atom. The van der Waals surface area contributed by atoms with Gasteiger partial charge in [0.25, 0.3) is 5.56 Å². The maximum atomic E-state index is 12.1. The van der Waals surface area contributed by atoms with Crippen molar-refractivity contribution in [2.24, 2.45) is 0 Å². The Labute approximate surface area is 114 Å². The Balaban J connectivity index is 2.69. The van der Waals surface area contributed by atoms with Crippen LogP contribution >= 0.6 is 0 Å². The Morgan fingerprint density at radius 3 is 2.55 bits per heavy atom. The van der Waals surface area contributed by atoms with Crippen molar-refractivity contribution < 1.29 is 14.7 Å². The van der Waals surface area contributed by atoms with E-state index in [1.165, 1.54) is 19.1 Å². The minimum Gasteiger partial charge on any atom is -0.477 e. The van der Waals surface area contributed by atoms with Crippen molar-refractivity contribution in [3.05, 3.63) is 52.4 Å². The van der Waals surface area contributed by atoms with Gasteiger partial charge in [-0.1, -0.05) is 6.07 Å². The smallest absolute Gasteiger partial charge is 0.341 e. The van der Waals surface area contributed by atoms with Crippen LogP contribution in [0.25, 0.3) is 11.4 Å². The topological polar surface area (TPSA) is 89.3 Å². The van der Waals surface area contributed by atoms with Crippen LogP contribution in [0.2, 0.25) is 0 Å². The van der Waals surface area contributed by atoms with Crippen LogP contribution < -0.4 is 5.56 Å². The minimum absolute atomic E-state index is 0.189. The van der Waals surface area contributed by atoms with Crippen molar-refractivity contribution in [1.29, 1.82) is 0 Å². The van der Waals surface area contributed by atoms with E-state index in [-0.39, 0.29) is 17.9 Å². The van der Waals surface area contributed by atoms with Crippen LogP contribution in [0.5, 0.6) is 0 Å². The number of hydrogen-bond acceptors (Lipinski definition) is 4. The van der Waals surface area contributed by atoms with Gasteiger partial charge in [0, 0.05) is 6.20 Å². The molecule has 0 fully saturated rings. The third kappa shape index (κ3) is 2.64. The number of pyridine rings is 2. The Kier molecular flexibility index (Phi) is 3.74. The lowest BCUT2D eigenvalue weighted by Gasteiger charge is -2.11. The SMILES string of the molecule is CC(=O)Cn1c(-c2ccccn2)ccc(C(=O)O)c1=O. The van der Waals surface area contributed by atoms with Gasteiger partial charge in [0.15, 0.2) is 0 Å². The molecule has 2 heterocycles. The second kappa shape index (κ2) is 5.48. The average Bonchev–Trinajstić information content (AvgIpc) is 2.41. The summed E-state index contributed by atoms with van der Waals surface area (Å²) in [7, 11) is 0. The molecule has 0 aliphatic heterocycles. The number of ketones is 1. The monoisotopic (exact) mass is 272 g/mol. The van der Waals surface area contributed by atoms with Crippen molar-refractivity contribution in [1.82, 2.24) is 9.55 Å². The molecule has 0 unspecified atom stereocenters. The first-order valence-corrected chi connectivity index (χ1v) is 5.88. The van der Waals surface area contributed by atoms with E-state index in [9.17, 15) is 14.4 Å². The number of carbonyl (C=O) groups excluding carboxylic acids is 1. The molecule has 0 spiro atoms. The van der Waals surface area contributed by atoms with Gasteiger partial charge in [-0.2, -0.15) is 0 Å². The molecule has 102 valence electrons. The fourth-order valence-electron chi connectivity index (χ4n) is 1.86. The fraction of sp³-hybridized carbons (Fsp3) is 0.143. The number of carbonyl (C=O) groups is 2. The highest BCUT2D eigenvalue weighted by atomic mass is 16.4. The molecule has 0 aliphatic carbocycles. The maximum Gasteiger partial charge on any atom is 0.341 e. The zero-order valence-corrected chi connectivity index (χ0v) is 10.7. The average molecular weight is 272 g/mol. The summed E-state index contributed by atoms with van der Waals surface area (Å²) in [6.07, 6.45) is 1.56. The highest BCUT2D eigenvalue weighted by Crippen LogP contribution is 2.15. The highest BCUT2D eigenvalue weighted by molar-refractivity contribution is 5.87. The van der Waals surface area contributed by atoms with Crippen molar-refractivity contribution in [2.45, 2.75) is 13.5 Å². The van der Waals surface area contributed by atoms with Crippen LogP contribution in [0.3, 0.4) is 0 Å². The van der Waals surface area contributed by atoms with Gasteiger partial charge in [-0.15, -0.1) is 0 Å². The number of carboxylic acid groups (broad SMARTS) is 1. The van der Waals surface area contributed by atoms with Gasteiger partial charge in [-0.25, -0.2) is 4.79 Å². The molecule has 0 saturated heterocycles. The molecule has 2 aromatic heterocycles. The molecule has 0 saturated carbocycles. The van der Waals surface area contributed by atoms with Gasteiger partial charge in [-0.05, 0) is 31.2 Å². The minimum atomic E-state index is -1.32. The summed E-state index contributed by atoms with van der Waals surface area (Å²) in [5.41, 5.74) is -0.166. The van der Waals surface area contributed by atoms with E-state index >= 15 is 0 Å². The van der Waals surface area contributed by atoms with Crippen LogP contribution in [-0.2, 0) is 11.3 Å². The normalized spacial score (nSPS) is 10.2. The number of carboxylic acids is 1. The Hall–Kier alpha value is -2.76. The molecule has 0 amide bonds. The van der Waals surface area contributed by atoms with Crippen LogP contribution in [-0.4, -0.2) is 26.4 Å². The molecule has 6 heteroatoms. The lowest BCUT2D eigenvalue weighted by atomic mass is 10.2. The molecule has 1 N–H and O–H groups in total. The lowest BCUT2D eigenvalue weighted by molar-refractivity contribution is -0.117. The zero-order valence-electron chi connectivity index (χ0n) is 10.7. The zero-order chi connectivity index (χ0) is 14.7. The highest BCUT2D eigenvalue weighted by Gasteiger charge is 2.16. The molecule has 0 aliphatic rings. The first-order valence-electron chi connectivity index (χ1n) is 5.88. The summed E-state index contributed by atoms with van der Waals surface area (Å²) in [4.78, 5) is 38.6.